The number of aliphatic hydroxyl groups excluding tert-OH is 1. The number of imide groups is 1. The zero-order valence-corrected chi connectivity index (χ0v) is 13.4. The zero-order valence-electron chi connectivity index (χ0n) is 13.4. The molecular weight excluding hydrogens is 268 g/mol. The summed E-state index contributed by atoms with van der Waals surface area (Å²) in [6.45, 7) is 7.77. The van der Waals surface area contributed by atoms with Crippen LogP contribution < -0.4 is 5.32 Å². The van der Waals surface area contributed by atoms with Crippen molar-refractivity contribution in [2.75, 3.05) is 19.7 Å². The van der Waals surface area contributed by atoms with Gasteiger partial charge in [-0.1, -0.05) is 20.8 Å². The minimum Gasteiger partial charge on any atom is -0.394 e. The fourth-order valence-electron chi connectivity index (χ4n) is 4.36. The SMILES string of the molecule is C[C@@H]1CC(C)(C)C[C@@](CO)(NCCN2C(=O)CCC2=O)C1. The number of nitrogens with zero attached hydrogens (tertiary/aromatic N) is 1. The van der Waals surface area contributed by atoms with E-state index in [-0.39, 0.29) is 29.4 Å². The fourth-order valence-corrected chi connectivity index (χ4v) is 4.36. The van der Waals surface area contributed by atoms with E-state index < -0.39 is 0 Å². The quantitative estimate of drug-likeness (QED) is 0.750. The normalized spacial score (nSPS) is 32.8. The van der Waals surface area contributed by atoms with Crippen LogP contribution >= 0.6 is 0 Å². The Morgan fingerprint density at radius 1 is 1.24 bits per heavy atom. The molecule has 1 heterocycles. The molecule has 5 nitrogen and oxygen atoms in total. The van der Waals surface area contributed by atoms with E-state index in [9.17, 15) is 14.7 Å². The molecule has 1 aliphatic heterocycles. The number of nitrogens with one attached hydrogen (secondary N) is 1. The standard InChI is InChI=1S/C16H28N2O3/c1-12-8-15(2,3)10-16(9-12,11-19)17-6-7-18-13(20)4-5-14(18)21/h12,17,19H,4-11H2,1-3H3/t12-,16+/m1/s1. The number of hydrogen-bond donors (Lipinski definition) is 2. The van der Waals surface area contributed by atoms with E-state index in [0.29, 0.717) is 31.8 Å². The molecule has 0 unspecified atom stereocenters. The Morgan fingerprint density at radius 3 is 2.38 bits per heavy atom. The summed E-state index contributed by atoms with van der Waals surface area (Å²) in [5, 5.41) is 13.3. The summed E-state index contributed by atoms with van der Waals surface area (Å²) in [6.07, 6.45) is 3.71. The summed E-state index contributed by atoms with van der Waals surface area (Å²) in [5.41, 5.74) is -0.0837. The second-order valence-electron chi connectivity index (χ2n) is 7.66. The molecule has 0 aromatic heterocycles. The molecule has 0 aromatic carbocycles. The Morgan fingerprint density at radius 2 is 1.86 bits per heavy atom. The van der Waals surface area contributed by atoms with Crippen LogP contribution in [0.15, 0.2) is 0 Å². The molecule has 2 aliphatic rings. The van der Waals surface area contributed by atoms with Gasteiger partial charge >= 0.3 is 0 Å². The third kappa shape index (κ3) is 3.83. The van der Waals surface area contributed by atoms with Crippen molar-refractivity contribution in [3.63, 3.8) is 0 Å². The monoisotopic (exact) mass is 296 g/mol. The number of rotatable bonds is 5. The Labute approximate surface area is 127 Å². The van der Waals surface area contributed by atoms with Gasteiger partial charge in [-0.25, -0.2) is 0 Å². The summed E-state index contributed by atoms with van der Waals surface area (Å²) < 4.78 is 0. The molecule has 2 fully saturated rings. The highest BCUT2D eigenvalue weighted by molar-refractivity contribution is 6.01. The maximum atomic E-state index is 11.6. The molecule has 1 saturated carbocycles. The lowest BCUT2D eigenvalue weighted by Crippen LogP contribution is -2.56. The van der Waals surface area contributed by atoms with Crippen LogP contribution in [0.5, 0.6) is 0 Å². The number of amides is 2. The lowest BCUT2D eigenvalue weighted by Gasteiger charge is -2.47. The van der Waals surface area contributed by atoms with Gasteiger partial charge in [0.25, 0.3) is 0 Å². The Kier molecular flexibility index (Phi) is 4.73. The average Bonchev–Trinajstić information content (AvgIpc) is 2.68. The molecule has 2 N–H and O–H groups in total. The first-order valence-electron chi connectivity index (χ1n) is 7.96. The highest BCUT2D eigenvalue weighted by Gasteiger charge is 2.42. The predicted molar refractivity (Wildman–Crippen MR) is 80.6 cm³/mol. The number of carbonyl (C=O) groups excluding carboxylic acids is 2. The average molecular weight is 296 g/mol. The van der Waals surface area contributed by atoms with Crippen LogP contribution in [0.1, 0.15) is 52.9 Å². The van der Waals surface area contributed by atoms with E-state index in [0.717, 1.165) is 12.8 Å². The molecule has 0 spiro atoms. The van der Waals surface area contributed by atoms with Gasteiger partial charge in [-0.3, -0.25) is 14.5 Å². The summed E-state index contributed by atoms with van der Waals surface area (Å²) in [6, 6.07) is 0. The maximum absolute atomic E-state index is 11.6. The zero-order chi connectivity index (χ0) is 15.7. The Bertz CT molecular complexity index is 406. The third-order valence-electron chi connectivity index (χ3n) is 4.75. The Balaban J connectivity index is 1.93. The fraction of sp³-hybridized carbons (Fsp3) is 0.875. The Hall–Kier alpha value is -0.940. The van der Waals surface area contributed by atoms with E-state index in [4.69, 9.17) is 0 Å². The molecule has 2 atom stereocenters. The van der Waals surface area contributed by atoms with E-state index >= 15 is 0 Å². The molecule has 120 valence electrons. The predicted octanol–water partition coefficient (Wildman–Crippen LogP) is 1.30. The molecule has 2 amide bonds. The molecular formula is C16H28N2O3. The van der Waals surface area contributed by atoms with Gasteiger partial charge in [0.1, 0.15) is 0 Å². The van der Waals surface area contributed by atoms with Crippen LogP contribution in [0.4, 0.5) is 0 Å². The summed E-state index contributed by atoms with van der Waals surface area (Å²) in [5.74, 6) is 0.415. The van der Waals surface area contributed by atoms with Gasteiger partial charge < -0.3 is 10.4 Å². The molecule has 5 heteroatoms. The largest absolute Gasteiger partial charge is 0.394 e. The van der Waals surface area contributed by atoms with Crippen molar-refractivity contribution in [1.29, 1.82) is 0 Å². The lowest BCUT2D eigenvalue weighted by atomic mass is 9.64. The van der Waals surface area contributed by atoms with Crippen molar-refractivity contribution in [1.82, 2.24) is 10.2 Å². The van der Waals surface area contributed by atoms with Crippen molar-refractivity contribution in [3.05, 3.63) is 0 Å². The van der Waals surface area contributed by atoms with Gasteiger partial charge in [-0.05, 0) is 30.6 Å². The number of carbonyl (C=O) groups is 2. The topological polar surface area (TPSA) is 69.6 Å². The van der Waals surface area contributed by atoms with Gasteiger partial charge in [-0.15, -0.1) is 0 Å². The lowest BCUT2D eigenvalue weighted by molar-refractivity contribution is -0.138. The second kappa shape index (κ2) is 6.05. The first-order chi connectivity index (χ1) is 9.77. The van der Waals surface area contributed by atoms with Crippen LogP contribution in [0, 0.1) is 11.3 Å². The van der Waals surface area contributed by atoms with Crippen molar-refractivity contribution in [2.45, 2.75) is 58.4 Å². The van der Waals surface area contributed by atoms with Crippen molar-refractivity contribution < 1.29 is 14.7 Å². The van der Waals surface area contributed by atoms with Gasteiger partial charge in [0, 0.05) is 31.5 Å². The van der Waals surface area contributed by atoms with Crippen molar-refractivity contribution >= 4 is 11.8 Å². The highest BCUT2D eigenvalue weighted by atomic mass is 16.3. The van der Waals surface area contributed by atoms with E-state index in [1.165, 1.54) is 11.3 Å². The smallest absolute Gasteiger partial charge is 0.229 e. The molecule has 1 aliphatic carbocycles. The summed E-state index contributed by atoms with van der Waals surface area (Å²) >= 11 is 0. The molecule has 0 bridgehead atoms. The maximum Gasteiger partial charge on any atom is 0.229 e. The van der Waals surface area contributed by atoms with Crippen molar-refractivity contribution in [3.8, 4) is 0 Å². The van der Waals surface area contributed by atoms with Crippen LogP contribution in [-0.2, 0) is 9.59 Å². The first-order valence-corrected chi connectivity index (χ1v) is 7.96. The van der Waals surface area contributed by atoms with Crippen LogP contribution in [0.25, 0.3) is 0 Å². The summed E-state index contributed by atoms with van der Waals surface area (Å²) in [7, 11) is 0. The van der Waals surface area contributed by atoms with Crippen LogP contribution in [-0.4, -0.2) is 47.1 Å². The number of aliphatic hydroxyl groups is 1. The molecule has 0 radical (unpaired) electrons. The van der Waals surface area contributed by atoms with Crippen molar-refractivity contribution in [2.24, 2.45) is 11.3 Å². The van der Waals surface area contributed by atoms with Crippen LogP contribution in [0.2, 0.25) is 0 Å². The van der Waals surface area contributed by atoms with Gasteiger partial charge in [0.05, 0.1) is 6.61 Å². The van der Waals surface area contributed by atoms with Gasteiger partial charge in [0.2, 0.25) is 11.8 Å². The van der Waals surface area contributed by atoms with E-state index in [1.807, 2.05) is 0 Å². The van der Waals surface area contributed by atoms with Gasteiger partial charge in [-0.2, -0.15) is 0 Å². The summed E-state index contributed by atoms with van der Waals surface area (Å²) in [4.78, 5) is 24.5. The first kappa shape index (κ1) is 16.4. The number of likely N-dealkylation sites (tertiary alicyclic amines) is 1. The van der Waals surface area contributed by atoms with E-state index in [2.05, 4.69) is 26.1 Å². The van der Waals surface area contributed by atoms with Crippen LogP contribution in [0.3, 0.4) is 0 Å². The third-order valence-corrected chi connectivity index (χ3v) is 4.75. The molecule has 0 aromatic rings. The van der Waals surface area contributed by atoms with Gasteiger partial charge in [0.15, 0.2) is 0 Å². The number of hydrogen-bond acceptors (Lipinski definition) is 4. The minimum absolute atomic E-state index is 0.0720. The molecule has 21 heavy (non-hydrogen) atoms. The minimum atomic E-state index is -0.285. The highest BCUT2D eigenvalue weighted by Crippen LogP contribution is 2.43. The molecule has 2 rings (SSSR count). The second-order valence-corrected chi connectivity index (χ2v) is 7.66. The molecule has 1 saturated heterocycles. The van der Waals surface area contributed by atoms with E-state index in [1.54, 1.807) is 0 Å².